The van der Waals surface area contributed by atoms with E-state index in [0.717, 1.165) is 5.56 Å². The Labute approximate surface area is 87.3 Å². The van der Waals surface area contributed by atoms with Gasteiger partial charge in [0, 0.05) is 0 Å². The van der Waals surface area contributed by atoms with Gasteiger partial charge < -0.3 is 5.73 Å². The van der Waals surface area contributed by atoms with Gasteiger partial charge in [0.1, 0.15) is 4.83 Å². The third kappa shape index (κ3) is 4.08. The molecule has 2 nitrogen and oxygen atoms in total. The van der Waals surface area contributed by atoms with Crippen LogP contribution in [0, 0.1) is 0 Å². The van der Waals surface area contributed by atoms with E-state index in [0.29, 0.717) is 0 Å². The van der Waals surface area contributed by atoms with Crippen LogP contribution in [0.1, 0.15) is 24.2 Å². The van der Waals surface area contributed by atoms with Gasteiger partial charge in [-0.25, -0.2) is 0 Å². The second-order valence-electron chi connectivity index (χ2n) is 2.18. The Balaban J connectivity index is 0.000000671. The first kappa shape index (κ1) is 12.2. The van der Waals surface area contributed by atoms with Gasteiger partial charge in [-0.3, -0.25) is 4.79 Å². The molecule has 0 saturated carbocycles. The Bertz CT molecular complexity index is 248. The lowest BCUT2D eigenvalue weighted by molar-refractivity contribution is -0.117. The van der Waals surface area contributed by atoms with Gasteiger partial charge in [-0.05, 0) is 5.56 Å². The third-order valence-electron chi connectivity index (χ3n) is 1.34. The number of halogens is 1. The predicted octanol–water partition coefficient (Wildman–Crippen LogP) is 2.63. The van der Waals surface area contributed by atoms with Crippen molar-refractivity contribution in [1.82, 2.24) is 0 Å². The Morgan fingerprint density at radius 1 is 1.31 bits per heavy atom. The Hall–Kier alpha value is -0.830. The topological polar surface area (TPSA) is 43.1 Å². The minimum absolute atomic E-state index is 0.365. The van der Waals surface area contributed by atoms with Gasteiger partial charge in [0.2, 0.25) is 5.91 Å². The number of rotatable bonds is 2. The van der Waals surface area contributed by atoms with Gasteiger partial charge >= 0.3 is 0 Å². The van der Waals surface area contributed by atoms with E-state index >= 15 is 0 Å². The minimum Gasteiger partial charge on any atom is -0.368 e. The quantitative estimate of drug-likeness (QED) is 0.798. The molecule has 0 aliphatic heterocycles. The molecule has 0 aliphatic carbocycles. The van der Waals surface area contributed by atoms with E-state index in [1.165, 1.54) is 0 Å². The Kier molecular flexibility index (Phi) is 6.24. The molecule has 1 aromatic rings. The molecule has 0 heterocycles. The van der Waals surface area contributed by atoms with Gasteiger partial charge in [-0.2, -0.15) is 0 Å². The number of alkyl halides is 1. The molecule has 0 bridgehead atoms. The molecule has 1 rings (SSSR count). The number of hydrogen-bond acceptors (Lipinski definition) is 1. The summed E-state index contributed by atoms with van der Waals surface area (Å²) >= 11 is 3.18. The number of carbonyl (C=O) groups excluding carboxylic acids is 1. The predicted molar refractivity (Wildman–Crippen MR) is 58.7 cm³/mol. The molecular weight excluding hydrogens is 230 g/mol. The van der Waals surface area contributed by atoms with Crippen molar-refractivity contribution in [2.24, 2.45) is 5.73 Å². The standard InChI is InChI=1S/C8H8BrNO.C2H6/c9-7(8(10)11)6-4-2-1-3-5-6;1-2/h1-5,7H,(H2,10,11);1-2H3. The first-order chi connectivity index (χ1) is 6.22. The number of carbonyl (C=O) groups is 1. The fourth-order valence-corrected chi connectivity index (χ4v) is 1.09. The van der Waals surface area contributed by atoms with Gasteiger partial charge in [-0.15, -0.1) is 0 Å². The van der Waals surface area contributed by atoms with Crippen molar-refractivity contribution < 1.29 is 4.79 Å². The number of amides is 1. The summed E-state index contributed by atoms with van der Waals surface area (Å²) in [6, 6.07) is 9.33. The summed E-state index contributed by atoms with van der Waals surface area (Å²) in [7, 11) is 0. The van der Waals surface area contributed by atoms with E-state index in [2.05, 4.69) is 15.9 Å². The van der Waals surface area contributed by atoms with Crippen molar-refractivity contribution in [3.63, 3.8) is 0 Å². The molecule has 0 fully saturated rings. The lowest BCUT2D eigenvalue weighted by Crippen LogP contribution is -2.16. The van der Waals surface area contributed by atoms with Gasteiger partial charge in [0.05, 0.1) is 0 Å². The van der Waals surface area contributed by atoms with Crippen LogP contribution in [-0.4, -0.2) is 5.91 Å². The number of benzene rings is 1. The molecule has 72 valence electrons. The van der Waals surface area contributed by atoms with Crippen LogP contribution in [0.2, 0.25) is 0 Å². The van der Waals surface area contributed by atoms with Crippen LogP contribution in [0.15, 0.2) is 30.3 Å². The van der Waals surface area contributed by atoms with Crippen molar-refractivity contribution in [1.29, 1.82) is 0 Å². The Morgan fingerprint density at radius 2 is 1.77 bits per heavy atom. The molecule has 1 atom stereocenters. The zero-order valence-electron chi connectivity index (χ0n) is 7.83. The van der Waals surface area contributed by atoms with Crippen LogP contribution in [-0.2, 0) is 4.79 Å². The first-order valence-electron chi connectivity index (χ1n) is 4.20. The van der Waals surface area contributed by atoms with Crippen LogP contribution >= 0.6 is 15.9 Å². The molecule has 0 radical (unpaired) electrons. The smallest absolute Gasteiger partial charge is 0.235 e. The lowest BCUT2D eigenvalue weighted by atomic mass is 10.1. The van der Waals surface area contributed by atoms with E-state index in [1.807, 2.05) is 44.2 Å². The summed E-state index contributed by atoms with van der Waals surface area (Å²) in [5.41, 5.74) is 5.97. The van der Waals surface area contributed by atoms with Crippen molar-refractivity contribution >= 4 is 21.8 Å². The normalized spacial score (nSPS) is 11.0. The van der Waals surface area contributed by atoms with Crippen LogP contribution in [0.4, 0.5) is 0 Å². The van der Waals surface area contributed by atoms with Gasteiger partial charge in [0.15, 0.2) is 0 Å². The van der Waals surface area contributed by atoms with Crippen molar-refractivity contribution in [3.8, 4) is 0 Å². The molecule has 3 heteroatoms. The monoisotopic (exact) mass is 243 g/mol. The van der Waals surface area contributed by atoms with Crippen LogP contribution < -0.4 is 5.73 Å². The minimum atomic E-state index is -0.372. The molecule has 13 heavy (non-hydrogen) atoms. The van der Waals surface area contributed by atoms with E-state index in [1.54, 1.807) is 0 Å². The molecule has 1 unspecified atom stereocenters. The molecular formula is C10H14BrNO. The highest BCUT2D eigenvalue weighted by atomic mass is 79.9. The van der Waals surface area contributed by atoms with E-state index in [9.17, 15) is 4.79 Å². The summed E-state index contributed by atoms with van der Waals surface area (Å²) in [6.45, 7) is 4.00. The van der Waals surface area contributed by atoms with E-state index in [-0.39, 0.29) is 10.7 Å². The fourth-order valence-electron chi connectivity index (χ4n) is 0.786. The van der Waals surface area contributed by atoms with Crippen molar-refractivity contribution in [3.05, 3.63) is 35.9 Å². The second kappa shape index (κ2) is 6.66. The van der Waals surface area contributed by atoms with Crippen LogP contribution in [0.25, 0.3) is 0 Å². The van der Waals surface area contributed by atoms with Gasteiger partial charge in [0.25, 0.3) is 0 Å². The zero-order valence-corrected chi connectivity index (χ0v) is 9.41. The van der Waals surface area contributed by atoms with Crippen molar-refractivity contribution in [2.45, 2.75) is 18.7 Å². The highest BCUT2D eigenvalue weighted by Gasteiger charge is 2.11. The molecule has 0 aliphatic rings. The summed E-state index contributed by atoms with van der Waals surface area (Å²) < 4.78 is 0. The summed E-state index contributed by atoms with van der Waals surface area (Å²) in [5, 5.41) is 0. The maximum atomic E-state index is 10.7. The number of hydrogen-bond donors (Lipinski definition) is 1. The van der Waals surface area contributed by atoms with Gasteiger partial charge in [-0.1, -0.05) is 60.1 Å². The van der Waals surface area contributed by atoms with E-state index in [4.69, 9.17) is 5.73 Å². The molecule has 0 aromatic heterocycles. The average molecular weight is 244 g/mol. The summed E-state index contributed by atoms with van der Waals surface area (Å²) in [5.74, 6) is -0.365. The number of primary amides is 1. The highest BCUT2D eigenvalue weighted by molar-refractivity contribution is 9.09. The number of nitrogens with two attached hydrogens (primary N) is 1. The van der Waals surface area contributed by atoms with Crippen molar-refractivity contribution in [2.75, 3.05) is 0 Å². The third-order valence-corrected chi connectivity index (χ3v) is 2.32. The maximum absolute atomic E-state index is 10.7. The maximum Gasteiger partial charge on any atom is 0.235 e. The molecule has 0 saturated heterocycles. The second-order valence-corrected chi connectivity index (χ2v) is 3.09. The molecule has 2 N–H and O–H groups in total. The fraction of sp³-hybridized carbons (Fsp3) is 0.300. The average Bonchev–Trinajstić information content (AvgIpc) is 2.21. The summed E-state index contributed by atoms with van der Waals surface area (Å²) in [6.07, 6.45) is 0. The molecule has 1 amide bonds. The van der Waals surface area contributed by atoms with Crippen LogP contribution in [0.5, 0.6) is 0 Å². The highest BCUT2D eigenvalue weighted by Crippen LogP contribution is 2.20. The van der Waals surface area contributed by atoms with Crippen LogP contribution in [0.3, 0.4) is 0 Å². The molecule has 1 aromatic carbocycles. The first-order valence-corrected chi connectivity index (χ1v) is 5.11. The SMILES string of the molecule is CC.NC(=O)C(Br)c1ccccc1. The van der Waals surface area contributed by atoms with E-state index < -0.39 is 0 Å². The molecule has 0 spiro atoms. The zero-order chi connectivity index (χ0) is 10.3. The summed E-state index contributed by atoms with van der Waals surface area (Å²) in [4.78, 5) is 10.3. The lowest BCUT2D eigenvalue weighted by Gasteiger charge is -2.03. The Morgan fingerprint density at radius 3 is 2.15 bits per heavy atom. The largest absolute Gasteiger partial charge is 0.368 e.